The van der Waals surface area contributed by atoms with Crippen molar-refractivity contribution >= 4 is 27.5 Å². The van der Waals surface area contributed by atoms with Gasteiger partial charge in [-0.15, -0.1) is 0 Å². The number of methoxy groups -OCH3 is 2. The standard InChI is InChI=1S/C26H27NO7S/c1-5-27(20-9-7-6-8-10-20)35(30,31)25-15-19(12-11-18(25)2)26(29)34-17-23(28)22-14-13-21(32-3)16-24(22)33-4/h6-16H,5,17H2,1-4H3. The second-order valence-corrected chi connectivity index (χ2v) is 9.38. The average molecular weight is 498 g/mol. The first-order valence-electron chi connectivity index (χ1n) is 10.8. The first-order chi connectivity index (χ1) is 16.7. The van der Waals surface area contributed by atoms with Gasteiger partial charge >= 0.3 is 5.97 Å². The van der Waals surface area contributed by atoms with E-state index in [1.54, 1.807) is 56.3 Å². The van der Waals surface area contributed by atoms with Crippen molar-refractivity contribution in [3.8, 4) is 11.5 Å². The number of ether oxygens (including phenoxy) is 3. The summed E-state index contributed by atoms with van der Waals surface area (Å²) >= 11 is 0. The molecular formula is C26H27NO7S. The second-order valence-electron chi connectivity index (χ2n) is 7.55. The van der Waals surface area contributed by atoms with Crippen LogP contribution in [0.1, 0.15) is 33.2 Å². The third-order valence-electron chi connectivity index (χ3n) is 5.37. The van der Waals surface area contributed by atoms with Crippen molar-refractivity contribution in [3.63, 3.8) is 0 Å². The SMILES string of the molecule is CCN(c1ccccc1)S(=O)(=O)c1cc(C(=O)OCC(=O)c2ccc(OC)cc2OC)ccc1C. The number of nitrogens with zero attached hydrogens (tertiary/aromatic N) is 1. The lowest BCUT2D eigenvalue weighted by atomic mass is 10.1. The highest BCUT2D eigenvalue weighted by Crippen LogP contribution is 2.27. The number of para-hydroxylation sites is 1. The minimum Gasteiger partial charge on any atom is -0.497 e. The number of anilines is 1. The molecule has 0 radical (unpaired) electrons. The summed E-state index contributed by atoms with van der Waals surface area (Å²) in [6.45, 7) is 3.05. The Labute approximate surface area is 205 Å². The fraction of sp³-hybridized carbons (Fsp3) is 0.231. The number of hydrogen-bond donors (Lipinski definition) is 0. The Morgan fingerprint density at radius 3 is 2.26 bits per heavy atom. The van der Waals surface area contributed by atoms with E-state index in [1.807, 2.05) is 0 Å². The summed E-state index contributed by atoms with van der Waals surface area (Å²) in [7, 11) is -1.04. The van der Waals surface area contributed by atoms with Crippen LogP contribution in [0.3, 0.4) is 0 Å². The molecule has 0 amide bonds. The molecule has 0 saturated carbocycles. The number of carbonyl (C=O) groups is 2. The summed E-state index contributed by atoms with van der Waals surface area (Å²) in [5.74, 6) is -0.487. The molecule has 184 valence electrons. The molecule has 0 heterocycles. The Morgan fingerprint density at radius 2 is 1.63 bits per heavy atom. The van der Waals surface area contributed by atoms with Crippen LogP contribution in [0.15, 0.2) is 71.6 Å². The van der Waals surface area contributed by atoms with Crippen molar-refractivity contribution in [1.82, 2.24) is 0 Å². The van der Waals surface area contributed by atoms with Crippen molar-refractivity contribution in [3.05, 3.63) is 83.4 Å². The third-order valence-corrected chi connectivity index (χ3v) is 7.41. The zero-order valence-corrected chi connectivity index (χ0v) is 20.8. The first kappa shape index (κ1) is 25.8. The number of sulfonamides is 1. The van der Waals surface area contributed by atoms with Gasteiger partial charge in [0.25, 0.3) is 10.0 Å². The molecule has 3 aromatic rings. The molecule has 0 fully saturated rings. The van der Waals surface area contributed by atoms with Crippen LogP contribution < -0.4 is 13.8 Å². The normalized spacial score (nSPS) is 11.0. The number of benzene rings is 3. The molecular weight excluding hydrogens is 470 g/mol. The third kappa shape index (κ3) is 5.63. The zero-order chi connectivity index (χ0) is 25.6. The number of ketones is 1. The Balaban J connectivity index is 1.82. The monoisotopic (exact) mass is 497 g/mol. The predicted octanol–water partition coefficient (Wildman–Crippen LogP) is 4.27. The van der Waals surface area contributed by atoms with Crippen molar-refractivity contribution in [2.45, 2.75) is 18.7 Å². The molecule has 0 unspecified atom stereocenters. The van der Waals surface area contributed by atoms with Crippen molar-refractivity contribution in [2.24, 2.45) is 0 Å². The Bertz CT molecular complexity index is 1320. The minimum atomic E-state index is -3.95. The van der Waals surface area contributed by atoms with Crippen molar-refractivity contribution in [2.75, 3.05) is 31.7 Å². The van der Waals surface area contributed by atoms with Crippen LogP contribution in [0.5, 0.6) is 11.5 Å². The lowest BCUT2D eigenvalue weighted by Crippen LogP contribution is -2.31. The molecule has 9 heteroatoms. The van der Waals surface area contributed by atoms with E-state index in [-0.39, 0.29) is 28.3 Å². The molecule has 0 atom stereocenters. The Kier molecular flexibility index (Phi) is 8.14. The highest BCUT2D eigenvalue weighted by Gasteiger charge is 2.27. The van der Waals surface area contributed by atoms with Crippen LogP contribution in [0.2, 0.25) is 0 Å². The van der Waals surface area contributed by atoms with E-state index in [9.17, 15) is 18.0 Å². The maximum atomic E-state index is 13.4. The van der Waals surface area contributed by atoms with Crippen molar-refractivity contribution in [1.29, 1.82) is 0 Å². The maximum absolute atomic E-state index is 13.4. The zero-order valence-electron chi connectivity index (χ0n) is 20.0. The van der Waals surface area contributed by atoms with Gasteiger partial charge in [-0.05, 0) is 55.8 Å². The molecule has 0 spiro atoms. The number of Topliss-reactive ketones (excluding diaryl/α,β-unsaturated/α-hetero) is 1. The van der Waals surface area contributed by atoms with Gasteiger partial charge in [0.2, 0.25) is 5.78 Å². The largest absolute Gasteiger partial charge is 0.497 e. The first-order valence-corrected chi connectivity index (χ1v) is 12.3. The van der Waals surface area contributed by atoms with E-state index in [2.05, 4.69) is 0 Å². The van der Waals surface area contributed by atoms with E-state index in [4.69, 9.17) is 14.2 Å². The maximum Gasteiger partial charge on any atom is 0.338 e. The number of hydrogen-bond acceptors (Lipinski definition) is 7. The summed E-state index contributed by atoms with van der Waals surface area (Å²) in [6.07, 6.45) is 0. The van der Waals surface area contributed by atoms with Gasteiger partial charge in [-0.3, -0.25) is 9.10 Å². The number of aryl methyl sites for hydroxylation is 1. The molecule has 3 aromatic carbocycles. The van der Waals surface area contributed by atoms with Gasteiger partial charge in [0.05, 0.1) is 35.9 Å². The molecule has 0 N–H and O–H groups in total. The molecule has 0 saturated heterocycles. The lowest BCUT2D eigenvalue weighted by molar-refractivity contribution is 0.0473. The van der Waals surface area contributed by atoms with Crippen LogP contribution in [0.4, 0.5) is 5.69 Å². The minimum absolute atomic E-state index is 0.0131. The molecule has 0 aromatic heterocycles. The fourth-order valence-electron chi connectivity index (χ4n) is 3.53. The summed E-state index contributed by atoms with van der Waals surface area (Å²) in [4.78, 5) is 25.3. The lowest BCUT2D eigenvalue weighted by Gasteiger charge is -2.24. The fourth-order valence-corrected chi connectivity index (χ4v) is 5.26. The van der Waals surface area contributed by atoms with Crippen LogP contribution in [-0.2, 0) is 14.8 Å². The van der Waals surface area contributed by atoms with E-state index in [0.717, 1.165) is 0 Å². The predicted molar refractivity (Wildman–Crippen MR) is 132 cm³/mol. The van der Waals surface area contributed by atoms with Gasteiger partial charge in [0.15, 0.2) is 6.61 Å². The quantitative estimate of drug-likeness (QED) is 0.305. The molecule has 0 aliphatic carbocycles. The Morgan fingerprint density at radius 1 is 0.914 bits per heavy atom. The molecule has 8 nitrogen and oxygen atoms in total. The van der Waals surface area contributed by atoms with Gasteiger partial charge in [-0.2, -0.15) is 0 Å². The average Bonchev–Trinajstić information content (AvgIpc) is 2.87. The molecule has 0 aliphatic heterocycles. The Hall–Kier alpha value is -3.85. The summed E-state index contributed by atoms with van der Waals surface area (Å²) in [5.41, 5.74) is 1.25. The van der Waals surface area contributed by atoms with Gasteiger partial charge in [0, 0.05) is 12.6 Å². The molecule has 35 heavy (non-hydrogen) atoms. The topological polar surface area (TPSA) is 99.2 Å². The van der Waals surface area contributed by atoms with Crippen LogP contribution in [-0.4, -0.2) is 47.5 Å². The number of carbonyl (C=O) groups excluding carboxylic acids is 2. The van der Waals surface area contributed by atoms with E-state index in [1.165, 1.54) is 42.8 Å². The smallest absolute Gasteiger partial charge is 0.338 e. The highest BCUT2D eigenvalue weighted by atomic mass is 32.2. The van der Waals surface area contributed by atoms with Gasteiger partial charge in [-0.1, -0.05) is 24.3 Å². The van der Waals surface area contributed by atoms with Crippen LogP contribution in [0, 0.1) is 6.92 Å². The van der Waals surface area contributed by atoms with Gasteiger partial charge < -0.3 is 14.2 Å². The van der Waals surface area contributed by atoms with Crippen molar-refractivity contribution < 1.29 is 32.2 Å². The van der Waals surface area contributed by atoms with Crippen LogP contribution in [0.25, 0.3) is 0 Å². The summed E-state index contributed by atoms with van der Waals surface area (Å²) in [5, 5.41) is 0. The number of rotatable bonds is 10. The van der Waals surface area contributed by atoms with Crippen LogP contribution >= 0.6 is 0 Å². The summed E-state index contributed by atoms with van der Waals surface area (Å²) in [6, 6.07) is 17.7. The highest BCUT2D eigenvalue weighted by molar-refractivity contribution is 7.92. The van der Waals surface area contributed by atoms with E-state index in [0.29, 0.717) is 17.0 Å². The summed E-state index contributed by atoms with van der Waals surface area (Å²) < 4.78 is 43.7. The van der Waals surface area contributed by atoms with E-state index < -0.39 is 28.4 Å². The molecule has 0 bridgehead atoms. The molecule has 0 aliphatic rings. The van der Waals surface area contributed by atoms with Gasteiger partial charge in [-0.25, -0.2) is 13.2 Å². The molecule has 3 rings (SSSR count). The van der Waals surface area contributed by atoms with E-state index >= 15 is 0 Å². The number of esters is 1. The second kappa shape index (κ2) is 11.1. The van der Waals surface area contributed by atoms with Gasteiger partial charge in [0.1, 0.15) is 11.5 Å².